The Balaban J connectivity index is 1.55. The molecule has 8 nitrogen and oxygen atoms in total. The van der Waals surface area contributed by atoms with Crippen LogP contribution >= 0.6 is 11.6 Å². The molecule has 0 bridgehead atoms. The number of nitrogens with zero attached hydrogens (tertiary/aromatic N) is 2. The summed E-state index contributed by atoms with van der Waals surface area (Å²) in [6, 6.07) is 12.3. The second-order valence-corrected chi connectivity index (χ2v) is 8.41. The van der Waals surface area contributed by atoms with Crippen molar-refractivity contribution in [3.05, 3.63) is 82.9 Å². The maximum Gasteiger partial charge on any atom is 0.255 e. The number of halogens is 1. The number of hydrogen-bond donors (Lipinski definition) is 3. The van der Waals surface area contributed by atoms with E-state index in [0.29, 0.717) is 22.1 Å². The zero-order chi connectivity index (χ0) is 24.0. The largest absolute Gasteiger partial charge is 0.456 e. The molecule has 2 amide bonds. The number of aliphatic hydroxyl groups excluding tert-OH is 1. The third-order valence-corrected chi connectivity index (χ3v) is 5.15. The highest BCUT2D eigenvalue weighted by Crippen LogP contribution is 2.31. The summed E-state index contributed by atoms with van der Waals surface area (Å²) in [5.41, 5.74) is 0.694. The molecule has 0 aliphatic rings. The first-order chi connectivity index (χ1) is 15.7. The van der Waals surface area contributed by atoms with E-state index in [1.807, 2.05) is 12.1 Å². The van der Waals surface area contributed by atoms with Crippen LogP contribution in [0.15, 0.2) is 61.2 Å². The van der Waals surface area contributed by atoms with Crippen LogP contribution in [-0.4, -0.2) is 32.4 Å². The number of aromatic nitrogens is 2. The molecule has 1 heterocycles. The first kappa shape index (κ1) is 24.2. The van der Waals surface area contributed by atoms with E-state index >= 15 is 0 Å². The van der Waals surface area contributed by atoms with Crippen molar-refractivity contribution in [1.82, 2.24) is 20.6 Å². The molecule has 2 aromatic carbocycles. The lowest BCUT2D eigenvalue weighted by atomic mass is 10.0. The number of benzene rings is 2. The van der Waals surface area contributed by atoms with Crippen molar-refractivity contribution in [2.75, 3.05) is 0 Å². The van der Waals surface area contributed by atoms with Crippen LogP contribution in [0.5, 0.6) is 11.5 Å². The molecule has 1 atom stereocenters. The van der Waals surface area contributed by atoms with Gasteiger partial charge in [-0.3, -0.25) is 9.59 Å². The van der Waals surface area contributed by atoms with Crippen LogP contribution in [-0.2, 0) is 11.3 Å². The summed E-state index contributed by atoms with van der Waals surface area (Å²) in [6.07, 6.45) is 3.48. The van der Waals surface area contributed by atoms with Gasteiger partial charge in [-0.05, 0) is 56.2 Å². The fraction of sp³-hybridized carbons (Fsp3) is 0.250. The first-order valence-corrected chi connectivity index (χ1v) is 10.6. The molecule has 9 heteroatoms. The molecule has 0 saturated carbocycles. The third kappa shape index (κ3) is 6.50. The molecule has 1 aromatic heterocycles. The van der Waals surface area contributed by atoms with Gasteiger partial charge in [0.15, 0.2) is 0 Å². The predicted molar refractivity (Wildman–Crippen MR) is 124 cm³/mol. The lowest BCUT2D eigenvalue weighted by Crippen LogP contribution is -2.54. The van der Waals surface area contributed by atoms with Crippen molar-refractivity contribution >= 4 is 23.4 Å². The zero-order valence-corrected chi connectivity index (χ0v) is 19.3. The molecule has 0 saturated heterocycles. The Bertz CT molecular complexity index is 1120. The van der Waals surface area contributed by atoms with Crippen LogP contribution < -0.4 is 15.4 Å². The smallest absolute Gasteiger partial charge is 0.255 e. The number of amides is 2. The molecule has 0 aliphatic heterocycles. The van der Waals surface area contributed by atoms with Gasteiger partial charge in [0, 0.05) is 18.9 Å². The summed E-state index contributed by atoms with van der Waals surface area (Å²) in [5, 5.41) is 15.5. The first-order valence-electron chi connectivity index (χ1n) is 10.3. The van der Waals surface area contributed by atoms with Crippen LogP contribution in [0, 0.1) is 0 Å². The minimum absolute atomic E-state index is 0.273. The minimum Gasteiger partial charge on any atom is -0.456 e. The van der Waals surface area contributed by atoms with E-state index < -0.39 is 17.6 Å². The lowest BCUT2D eigenvalue weighted by molar-refractivity contribution is -0.126. The third-order valence-electron chi connectivity index (χ3n) is 4.86. The van der Waals surface area contributed by atoms with E-state index in [1.54, 1.807) is 51.1 Å². The Labute approximate surface area is 197 Å². The molecule has 3 aromatic rings. The van der Waals surface area contributed by atoms with Crippen molar-refractivity contribution in [3.8, 4) is 11.5 Å². The summed E-state index contributed by atoms with van der Waals surface area (Å²) >= 11 is 6.24. The molecule has 0 radical (unpaired) electrons. The number of nitrogens with one attached hydrogen (secondary N) is 2. The van der Waals surface area contributed by atoms with Gasteiger partial charge in [0.05, 0.1) is 16.7 Å². The van der Waals surface area contributed by atoms with Gasteiger partial charge in [-0.2, -0.15) is 0 Å². The van der Waals surface area contributed by atoms with Gasteiger partial charge in [-0.25, -0.2) is 9.97 Å². The highest BCUT2D eigenvalue weighted by molar-refractivity contribution is 6.32. The predicted octanol–water partition coefficient (Wildman–Crippen LogP) is 3.80. The molecule has 172 valence electrons. The van der Waals surface area contributed by atoms with Gasteiger partial charge in [0.25, 0.3) is 5.91 Å². The molecule has 3 N–H and O–H groups in total. The van der Waals surface area contributed by atoms with Crippen LogP contribution in [0.25, 0.3) is 0 Å². The fourth-order valence-corrected chi connectivity index (χ4v) is 3.12. The Morgan fingerprint density at radius 2 is 1.79 bits per heavy atom. The summed E-state index contributed by atoms with van der Waals surface area (Å²) < 4.78 is 5.81. The highest BCUT2D eigenvalue weighted by atomic mass is 35.5. The second kappa shape index (κ2) is 10.4. The number of carbonyl (C=O) groups excluding carboxylic acids is 2. The molecule has 0 aliphatic carbocycles. The Morgan fingerprint density at radius 1 is 1.12 bits per heavy atom. The van der Waals surface area contributed by atoms with Crippen LogP contribution in [0.4, 0.5) is 0 Å². The van der Waals surface area contributed by atoms with Crippen molar-refractivity contribution in [2.24, 2.45) is 0 Å². The Hall–Kier alpha value is -3.49. The molecule has 0 spiro atoms. The standard InChI is InChI=1S/C24H25ClN4O4/c1-15(30)17-6-9-21(20(25)10-17)33-19-7-4-16(5-8-19)11-28-23(32)24(2,3)29-22(31)18-12-26-14-27-13-18/h4-10,12-15,30H,11H2,1-3H3,(H,28,32)(H,29,31). The van der Waals surface area contributed by atoms with E-state index in [0.717, 1.165) is 5.56 Å². The van der Waals surface area contributed by atoms with Crippen molar-refractivity contribution in [2.45, 2.75) is 39.0 Å². The van der Waals surface area contributed by atoms with Crippen LogP contribution in [0.1, 0.15) is 48.4 Å². The SMILES string of the molecule is CC(O)c1ccc(Oc2ccc(CNC(=O)C(C)(C)NC(=O)c3cncnc3)cc2)c(Cl)c1. The maximum absolute atomic E-state index is 12.6. The van der Waals surface area contributed by atoms with Crippen LogP contribution in [0.2, 0.25) is 5.02 Å². The molecule has 1 unspecified atom stereocenters. The Morgan fingerprint density at radius 3 is 2.39 bits per heavy atom. The number of aliphatic hydroxyl groups is 1. The van der Waals surface area contributed by atoms with Crippen molar-refractivity contribution in [1.29, 1.82) is 0 Å². The Kier molecular flexibility index (Phi) is 7.63. The van der Waals surface area contributed by atoms with Gasteiger partial charge in [-0.1, -0.05) is 29.8 Å². The number of hydrogen-bond acceptors (Lipinski definition) is 6. The van der Waals surface area contributed by atoms with E-state index in [9.17, 15) is 14.7 Å². The quantitative estimate of drug-likeness (QED) is 0.463. The maximum atomic E-state index is 12.6. The van der Waals surface area contributed by atoms with Crippen molar-refractivity contribution in [3.63, 3.8) is 0 Å². The molecule has 0 fully saturated rings. The highest BCUT2D eigenvalue weighted by Gasteiger charge is 2.29. The molecular weight excluding hydrogens is 444 g/mol. The lowest BCUT2D eigenvalue weighted by Gasteiger charge is -2.25. The molecular formula is C24H25ClN4O4. The number of rotatable bonds is 8. The van der Waals surface area contributed by atoms with E-state index in [2.05, 4.69) is 20.6 Å². The minimum atomic E-state index is -1.13. The number of ether oxygens (including phenoxy) is 1. The van der Waals surface area contributed by atoms with Crippen LogP contribution in [0.3, 0.4) is 0 Å². The van der Waals surface area contributed by atoms with E-state index in [1.165, 1.54) is 18.7 Å². The van der Waals surface area contributed by atoms with E-state index in [-0.39, 0.29) is 18.0 Å². The number of carbonyl (C=O) groups is 2. The molecule has 33 heavy (non-hydrogen) atoms. The average Bonchev–Trinajstić information content (AvgIpc) is 2.79. The van der Waals surface area contributed by atoms with Gasteiger partial charge in [-0.15, -0.1) is 0 Å². The van der Waals surface area contributed by atoms with E-state index in [4.69, 9.17) is 16.3 Å². The fourth-order valence-electron chi connectivity index (χ4n) is 2.89. The molecule has 3 rings (SSSR count). The summed E-state index contributed by atoms with van der Waals surface area (Å²) in [4.78, 5) is 32.5. The summed E-state index contributed by atoms with van der Waals surface area (Å²) in [6.45, 7) is 5.18. The van der Waals surface area contributed by atoms with Gasteiger partial charge < -0.3 is 20.5 Å². The monoisotopic (exact) mass is 468 g/mol. The second-order valence-electron chi connectivity index (χ2n) is 8.00. The van der Waals surface area contributed by atoms with Crippen molar-refractivity contribution < 1.29 is 19.4 Å². The summed E-state index contributed by atoms with van der Waals surface area (Å²) in [7, 11) is 0. The zero-order valence-electron chi connectivity index (χ0n) is 18.5. The van der Waals surface area contributed by atoms with Gasteiger partial charge >= 0.3 is 0 Å². The van der Waals surface area contributed by atoms with Gasteiger partial charge in [0.1, 0.15) is 23.4 Å². The average molecular weight is 469 g/mol. The normalized spacial score (nSPS) is 12.0. The summed E-state index contributed by atoms with van der Waals surface area (Å²) in [5.74, 6) is 0.285. The topological polar surface area (TPSA) is 113 Å². The van der Waals surface area contributed by atoms with Gasteiger partial charge in [0.2, 0.25) is 5.91 Å².